The van der Waals surface area contributed by atoms with Crippen LogP contribution in [0.3, 0.4) is 0 Å². The van der Waals surface area contributed by atoms with E-state index in [-0.39, 0.29) is 11.1 Å². The molecule has 2 aromatic carbocycles. The molecule has 3 aromatic heterocycles. The highest BCUT2D eigenvalue weighted by atomic mass is 79.9. The Morgan fingerprint density at radius 1 is 0.941 bits per heavy atom. The maximum absolute atomic E-state index is 13.5. The summed E-state index contributed by atoms with van der Waals surface area (Å²) in [5.41, 5.74) is 4.94. The largest absolute Gasteiger partial charge is 0.371 e. The fourth-order valence-electron chi connectivity index (χ4n) is 7.11. The van der Waals surface area contributed by atoms with Crippen molar-refractivity contribution in [2.45, 2.75) is 18.9 Å². The van der Waals surface area contributed by atoms with E-state index >= 15 is 0 Å². The van der Waals surface area contributed by atoms with Crippen molar-refractivity contribution in [1.29, 1.82) is 0 Å². The van der Waals surface area contributed by atoms with Gasteiger partial charge < -0.3 is 25.0 Å². The van der Waals surface area contributed by atoms with Crippen molar-refractivity contribution in [2.24, 2.45) is 7.05 Å². The number of fused-ring (bicyclic) bond motifs is 1. The second-order valence-corrected chi connectivity index (χ2v) is 18.1. The Morgan fingerprint density at radius 2 is 1.69 bits per heavy atom. The summed E-state index contributed by atoms with van der Waals surface area (Å²) >= 11 is 7.87. The summed E-state index contributed by atoms with van der Waals surface area (Å²) in [6.45, 7) is 9.66. The standard InChI is InChI=1S/C36H42BrN10O2PS/c1-44-15-17-46(18-16-44)23-9-13-47(14-10-23)32-20-26(35(48)51)30(19-25(32)29-11-12-45(2)43-29)41-36-39-21-27(37)34(42-36)40-31-22-38-28-8-6-5-7-24(28)33(31)50(3,4)49/h5-8,11-12,19-23H,9-10,13-18H2,1-4H3,(H,48,51)(H2,39,40,41,42). The number of para-hydroxylation sites is 1. The third kappa shape index (κ3) is 7.71. The lowest BCUT2D eigenvalue weighted by atomic mass is 9.98. The lowest BCUT2D eigenvalue weighted by molar-refractivity contribution is 0.0982. The summed E-state index contributed by atoms with van der Waals surface area (Å²) < 4.78 is 15.9. The number of carbonyl (C=O) groups is 1. The van der Waals surface area contributed by atoms with Crippen molar-refractivity contribution in [1.82, 2.24) is 34.5 Å². The lowest BCUT2D eigenvalue weighted by Gasteiger charge is -2.43. The van der Waals surface area contributed by atoms with E-state index < -0.39 is 7.14 Å². The summed E-state index contributed by atoms with van der Waals surface area (Å²) in [5, 5.41) is 12.5. The SMILES string of the molecule is CN1CCN(C2CCN(c3cc(C(=O)S)c(Nc4ncc(Br)c(Nc5cnc6ccccc6c5P(C)(C)=O)n4)cc3-c3ccn(C)n3)CC2)CC1. The van der Waals surface area contributed by atoms with Crippen molar-refractivity contribution in [3.8, 4) is 11.3 Å². The van der Waals surface area contributed by atoms with Crippen LogP contribution in [0.15, 0.2) is 65.5 Å². The molecule has 0 bridgehead atoms. The van der Waals surface area contributed by atoms with E-state index in [0.717, 1.165) is 80.0 Å². The molecule has 51 heavy (non-hydrogen) atoms. The van der Waals surface area contributed by atoms with E-state index in [4.69, 9.17) is 10.1 Å². The summed E-state index contributed by atoms with van der Waals surface area (Å²) in [4.78, 5) is 34.4. The Kier molecular flexibility index (Phi) is 10.2. The highest BCUT2D eigenvalue weighted by Crippen LogP contribution is 2.42. The van der Waals surface area contributed by atoms with Gasteiger partial charge in [-0.3, -0.25) is 19.4 Å². The number of carbonyl (C=O) groups excluding carboxylic acids is 1. The number of hydrogen-bond donors (Lipinski definition) is 3. The molecule has 15 heteroatoms. The normalized spacial score (nSPS) is 16.5. The molecule has 12 nitrogen and oxygen atoms in total. The molecule has 0 spiro atoms. The van der Waals surface area contributed by atoms with Crippen molar-refractivity contribution >= 4 is 85.9 Å². The second kappa shape index (κ2) is 14.7. The van der Waals surface area contributed by atoms with Gasteiger partial charge in [-0.05, 0) is 73.4 Å². The molecule has 2 aliphatic heterocycles. The zero-order valence-electron chi connectivity index (χ0n) is 29.2. The van der Waals surface area contributed by atoms with Crippen LogP contribution in [-0.4, -0.2) is 105 Å². The first-order valence-electron chi connectivity index (χ1n) is 17.0. The van der Waals surface area contributed by atoms with E-state index in [0.29, 0.717) is 38.6 Å². The minimum atomic E-state index is -2.74. The lowest BCUT2D eigenvalue weighted by Crippen LogP contribution is -2.52. The molecule has 266 valence electrons. The van der Waals surface area contributed by atoms with Gasteiger partial charge in [-0.1, -0.05) is 18.2 Å². The van der Waals surface area contributed by atoms with Crippen LogP contribution in [0, 0.1) is 0 Å². The first-order valence-corrected chi connectivity index (χ1v) is 20.9. The smallest absolute Gasteiger partial charge is 0.229 e. The monoisotopic (exact) mass is 788 g/mol. The Bertz CT molecular complexity index is 2140. The number of benzene rings is 2. The van der Waals surface area contributed by atoms with Gasteiger partial charge in [0.1, 0.15) is 13.0 Å². The quantitative estimate of drug-likeness (QED) is 0.117. The van der Waals surface area contributed by atoms with E-state index in [9.17, 15) is 9.36 Å². The number of aromatic nitrogens is 5. The van der Waals surface area contributed by atoms with Crippen molar-refractivity contribution in [3.05, 3.63) is 71.1 Å². The van der Waals surface area contributed by atoms with Crippen LogP contribution in [0.5, 0.6) is 0 Å². The molecular formula is C36H42BrN10O2PS. The Morgan fingerprint density at radius 3 is 2.37 bits per heavy atom. The summed E-state index contributed by atoms with van der Waals surface area (Å²) in [6, 6.07) is 14.1. The number of nitrogens with zero attached hydrogens (tertiary/aromatic N) is 8. The first-order chi connectivity index (χ1) is 24.4. The van der Waals surface area contributed by atoms with Gasteiger partial charge >= 0.3 is 0 Å². The topological polar surface area (TPSA) is 124 Å². The van der Waals surface area contributed by atoms with Crippen LogP contribution >= 0.6 is 35.7 Å². The predicted octanol–water partition coefficient (Wildman–Crippen LogP) is 6.21. The summed E-state index contributed by atoms with van der Waals surface area (Å²) in [5.74, 6) is 0.707. The van der Waals surface area contributed by atoms with Gasteiger partial charge in [0.2, 0.25) is 11.1 Å². The van der Waals surface area contributed by atoms with Crippen LogP contribution in [0.25, 0.3) is 22.2 Å². The maximum Gasteiger partial charge on any atom is 0.229 e. The number of likely N-dealkylation sites (N-methyl/N-ethyl adjacent to an activating group) is 1. The first kappa shape index (κ1) is 35.6. The molecule has 2 N–H and O–H groups in total. The van der Waals surface area contributed by atoms with Gasteiger partial charge in [-0.25, -0.2) is 4.98 Å². The second-order valence-electron chi connectivity index (χ2n) is 13.7. The molecule has 2 aliphatic rings. The number of thiol groups is 1. The Labute approximate surface area is 312 Å². The van der Waals surface area contributed by atoms with Gasteiger partial charge in [0.15, 0.2) is 0 Å². The Balaban J connectivity index is 1.21. The van der Waals surface area contributed by atoms with Crippen LogP contribution < -0.4 is 20.8 Å². The molecule has 0 atom stereocenters. The highest BCUT2D eigenvalue weighted by Gasteiger charge is 2.29. The fourth-order valence-corrected chi connectivity index (χ4v) is 9.05. The average molecular weight is 790 g/mol. The third-order valence-electron chi connectivity index (χ3n) is 9.74. The van der Waals surface area contributed by atoms with Gasteiger partial charge in [-0.15, -0.1) is 12.6 Å². The van der Waals surface area contributed by atoms with Crippen molar-refractivity contribution in [3.63, 3.8) is 0 Å². The molecule has 2 saturated heterocycles. The average Bonchev–Trinajstić information content (AvgIpc) is 3.55. The maximum atomic E-state index is 13.5. The minimum absolute atomic E-state index is 0.260. The van der Waals surface area contributed by atoms with Gasteiger partial charge in [-0.2, -0.15) is 10.1 Å². The van der Waals surface area contributed by atoms with Crippen molar-refractivity contribution < 1.29 is 9.36 Å². The number of piperidine rings is 1. The molecule has 0 saturated carbocycles. The minimum Gasteiger partial charge on any atom is -0.371 e. The van der Waals surface area contributed by atoms with E-state index in [1.165, 1.54) is 0 Å². The molecule has 7 rings (SSSR count). The summed E-state index contributed by atoms with van der Waals surface area (Å²) in [7, 11) is 1.34. The number of aryl methyl sites for hydroxylation is 1. The van der Waals surface area contributed by atoms with Gasteiger partial charge in [0, 0.05) is 86.7 Å². The number of anilines is 5. The van der Waals surface area contributed by atoms with Crippen LogP contribution in [0.4, 0.5) is 28.8 Å². The van der Waals surface area contributed by atoms with E-state index in [2.05, 4.69) is 70.9 Å². The van der Waals surface area contributed by atoms with Crippen molar-refractivity contribution in [2.75, 3.05) is 75.2 Å². The van der Waals surface area contributed by atoms with E-state index in [1.807, 2.05) is 55.7 Å². The number of pyridine rings is 1. The zero-order chi connectivity index (χ0) is 35.9. The molecule has 0 radical (unpaired) electrons. The van der Waals surface area contributed by atoms with Crippen LogP contribution in [0.2, 0.25) is 0 Å². The summed E-state index contributed by atoms with van der Waals surface area (Å²) in [6.07, 6.45) is 7.34. The number of hydrogen-bond acceptors (Lipinski definition) is 11. The zero-order valence-corrected chi connectivity index (χ0v) is 32.5. The third-order valence-corrected chi connectivity index (χ3v) is 12.1. The van der Waals surface area contributed by atoms with Gasteiger partial charge in [0.05, 0.1) is 38.8 Å². The van der Waals surface area contributed by atoms with Crippen LogP contribution in [-0.2, 0) is 11.6 Å². The fraction of sp³-hybridized carbons (Fsp3) is 0.361. The molecule has 0 unspecified atom stereocenters. The molecule has 2 fully saturated rings. The molecule has 5 heterocycles. The molecule has 0 amide bonds. The predicted molar refractivity (Wildman–Crippen MR) is 213 cm³/mol. The number of nitrogens with one attached hydrogen (secondary N) is 2. The number of piperazine rings is 1. The molecule has 0 aliphatic carbocycles. The van der Waals surface area contributed by atoms with E-state index in [1.54, 1.807) is 30.4 Å². The molecule has 5 aromatic rings. The van der Waals surface area contributed by atoms with Crippen LogP contribution in [0.1, 0.15) is 23.2 Å². The highest BCUT2D eigenvalue weighted by molar-refractivity contribution is 9.10. The number of rotatable bonds is 9. The number of halogens is 1. The Hall–Kier alpha value is -3.81. The van der Waals surface area contributed by atoms with Gasteiger partial charge in [0.25, 0.3) is 0 Å². The molecular weight excluding hydrogens is 747 g/mol.